The number of nitrogens with one attached hydrogen (secondary N) is 1. The maximum absolute atomic E-state index is 5.37. The molecule has 86 valence electrons. The molecule has 0 aliphatic rings. The first kappa shape index (κ1) is 12.7. The molecule has 0 spiro atoms. The van der Waals surface area contributed by atoms with E-state index in [0.717, 1.165) is 30.1 Å². The highest BCUT2D eigenvalue weighted by Gasteiger charge is 1.98. The van der Waals surface area contributed by atoms with Crippen molar-refractivity contribution < 1.29 is 4.42 Å². The summed E-state index contributed by atoms with van der Waals surface area (Å²) < 4.78 is 6.17. The van der Waals surface area contributed by atoms with Gasteiger partial charge in [-0.15, -0.1) is 0 Å². The Morgan fingerprint density at radius 2 is 2.13 bits per heavy atom. The van der Waals surface area contributed by atoms with Gasteiger partial charge >= 0.3 is 0 Å². The Morgan fingerprint density at radius 1 is 1.33 bits per heavy atom. The van der Waals surface area contributed by atoms with E-state index in [0.29, 0.717) is 0 Å². The molecule has 1 N–H and O–H groups in total. The van der Waals surface area contributed by atoms with Crippen molar-refractivity contribution in [3.63, 3.8) is 0 Å². The monoisotopic (exact) mass is 274 g/mol. The summed E-state index contributed by atoms with van der Waals surface area (Å²) in [6.07, 6.45) is 2.45. The summed E-state index contributed by atoms with van der Waals surface area (Å²) in [5.74, 6) is 0.981. The van der Waals surface area contributed by atoms with E-state index in [1.807, 2.05) is 12.1 Å². The first-order chi connectivity index (χ1) is 7.18. The molecule has 1 aromatic rings. The van der Waals surface area contributed by atoms with Crippen molar-refractivity contribution in [3.8, 4) is 0 Å². The fraction of sp³-hybridized carbons (Fsp3) is 0.636. The quantitative estimate of drug-likeness (QED) is 0.775. The lowest BCUT2D eigenvalue weighted by Crippen LogP contribution is -2.17. The molecule has 0 aromatic carbocycles. The van der Waals surface area contributed by atoms with Gasteiger partial charge in [-0.3, -0.25) is 0 Å². The van der Waals surface area contributed by atoms with Gasteiger partial charge in [-0.05, 0) is 68.1 Å². The van der Waals surface area contributed by atoms with Crippen molar-refractivity contribution in [1.82, 2.24) is 10.2 Å². The third kappa shape index (κ3) is 5.97. The van der Waals surface area contributed by atoms with Crippen LogP contribution < -0.4 is 5.32 Å². The van der Waals surface area contributed by atoms with Crippen LogP contribution in [0.2, 0.25) is 0 Å². The number of hydrogen-bond donors (Lipinski definition) is 1. The van der Waals surface area contributed by atoms with E-state index in [4.69, 9.17) is 4.42 Å². The third-order valence-corrected chi connectivity index (χ3v) is 2.56. The van der Waals surface area contributed by atoms with Crippen molar-refractivity contribution >= 4 is 15.9 Å². The highest BCUT2D eigenvalue weighted by molar-refractivity contribution is 9.10. The molecule has 0 unspecified atom stereocenters. The molecular formula is C11H19BrN2O. The average molecular weight is 275 g/mol. The van der Waals surface area contributed by atoms with Crippen LogP contribution in [0.3, 0.4) is 0 Å². The normalized spacial score (nSPS) is 11.2. The number of unbranched alkanes of at least 4 members (excludes halogenated alkanes) is 1. The average Bonchev–Trinajstić information content (AvgIpc) is 2.57. The van der Waals surface area contributed by atoms with Crippen molar-refractivity contribution in [3.05, 3.63) is 22.6 Å². The maximum atomic E-state index is 5.37. The van der Waals surface area contributed by atoms with Gasteiger partial charge in [-0.2, -0.15) is 0 Å². The Bertz CT molecular complexity index is 273. The van der Waals surface area contributed by atoms with Gasteiger partial charge < -0.3 is 14.6 Å². The van der Waals surface area contributed by atoms with Crippen molar-refractivity contribution in [2.75, 3.05) is 27.2 Å². The van der Waals surface area contributed by atoms with Crippen molar-refractivity contribution in [2.24, 2.45) is 0 Å². The molecule has 0 atom stereocenters. The van der Waals surface area contributed by atoms with E-state index in [1.54, 1.807) is 0 Å². The van der Waals surface area contributed by atoms with Gasteiger partial charge in [0.1, 0.15) is 5.76 Å². The minimum Gasteiger partial charge on any atom is -0.453 e. The van der Waals surface area contributed by atoms with Gasteiger partial charge in [0.25, 0.3) is 0 Å². The molecule has 0 aliphatic heterocycles. The zero-order valence-electron chi connectivity index (χ0n) is 9.42. The number of rotatable bonds is 7. The molecule has 0 radical (unpaired) electrons. The van der Waals surface area contributed by atoms with Crippen LogP contribution in [0.1, 0.15) is 18.6 Å². The largest absolute Gasteiger partial charge is 0.453 e. The summed E-state index contributed by atoms with van der Waals surface area (Å²) in [6.45, 7) is 3.02. The molecule has 4 heteroatoms. The lowest BCUT2D eigenvalue weighted by molar-refractivity contribution is 0.389. The molecule has 1 aromatic heterocycles. The highest BCUT2D eigenvalue weighted by atomic mass is 79.9. The van der Waals surface area contributed by atoms with E-state index in [2.05, 4.69) is 40.2 Å². The second-order valence-electron chi connectivity index (χ2n) is 3.89. The van der Waals surface area contributed by atoms with Gasteiger partial charge in [0.2, 0.25) is 0 Å². The maximum Gasteiger partial charge on any atom is 0.169 e. The smallest absolute Gasteiger partial charge is 0.169 e. The minimum absolute atomic E-state index is 0.798. The molecule has 15 heavy (non-hydrogen) atoms. The first-order valence-corrected chi connectivity index (χ1v) is 6.07. The van der Waals surface area contributed by atoms with Gasteiger partial charge in [0.15, 0.2) is 4.67 Å². The Balaban J connectivity index is 1.98. The van der Waals surface area contributed by atoms with E-state index in [1.165, 1.54) is 12.8 Å². The molecule has 0 saturated heterocycles. The number of hydrogen-bond acceptors (Lipinski definition) is 3. The molecule has 0 bridgehead atoms. The predicted molar refractivity (Wildman–Crippen MR) is 65.9 cm³/mol. The van der Waals surface area contributed by atoms with Crippen LogP contribution in [0, 0.1) is 0 Å². The number of furan rings is 1. The summed E-state index contributed by atoms with van der Waals surface area (Å²) in [4.78, 5) is 2.21. The molecule has 1 heterocycles. The van der Waals surface area contributed by atoms with Crippen LogP contribution in [-0.2, 0) is 6.54 Å². The molecule has 0 fully saturated rings. The lowest BCUT2D eigenvalue weighted by atomic mass is 10.3. The van der Waals surface area contributed by atoms with Gasteiger partial charge in [-0.1, -0.05) is 0 Å². The fourth-order valence-corrected chi connectivity index (χ4v) is 1.68. The SMILES string of the molecule is CN(C)CCCCNCc1ccc(Br)o1. The minimum atomic E-state index is 0.798. The van der Waals surface area contributed by atoms with E-state index >= 15 is 0 Å². The van der Waals surface area contributed by atoms with Crippen LogP contribution in [0.4, 0.5) is 0 Å². The van der Waals surface area contributed by atoms with Crippen LogP contribution in [-0.4, -0.2) is 32.1 Å². The number of halogens is 1. The zero-order chi connectivity index (χ0) is 11.1. The van der Waals surface area contributed by atoms with Crippen LogP contribution in [0.25, 0.3) is 0 Å². The van der Waals surface area contributed by atoms with E-state index in [9.17, 15) is 0 Å². The lowest BCUT2D eigenvalue weighted by Gasteiger charge is -2.08. The van der Waals surface area contributed by atoms with Gasteiger partial charge in [0.05, 0.1) is 6.54 Å². The summed E-state index contributed by atoms with van der Waals surface area (Å²) in [5, 5.41) is 3.36. The first-order valence-electron chi connectivity index (χ1n) is 5.28. The molecule has 0 amide bonds. The number of nitrogens with zero attached hydrogens (tertiary/aromatic N) is 1. The Morgan fingerprint density at radius 3 is 2.73 bits per heavy atom. The van der Waals surface area contributed by atoms with Gasteiger partial charge in [-0.25, -0.2) is 0 Å². The fourth-order valence-electron chi connectivity index (χ4n) is 1.34. The Kier molecular flexibility index (Phi) is 5.98. The summed E-state index contributed by atoms with van der Waals surface area (Å²) in [7, 11) is 4.21. The second kappa shape index (κ2) is 7.04. The summed E-state index contributed by atoms with van der Waals surface area (Å²) in [6, 6.07) is 3.90. The molecular weight excluding hydrogens is 256 g/mol. The molecule has 1 rings (SSSR count). The van der Waals surface area contributed by atoms with Crippen LogP contribution in [0.15, 0.2) is 21.2 Å². The van der Waals surface area contributed by atoms with Crippen molar-refractivity contribution in [1.29, 1.82) is 0 Å². The van der Waals surface area contributed by atoms with Crippen LogP contribution >= 0.6 is 15.9 Å². The third-order valence-electron chi connectivity index (χ3n) is 2.14. The Hall–Kier alpha value is -0.320. The zero-order valence-corrected chi connectivity index (χ0v) is 11.0. The predicted octanol–water partition coefficient (Wildman–Crippen LogP) is 2.47. The second-order valence-corrected chi connectivity index (χ2v) is 4.67. The van der Waals surface area contributed by atoms with E-state index in [-0.39, 0.29) is 0 Å². The van der Waals surface area contributed by atoms with Gasteiger partial charge in [0, 0.05) is 0 Å². The van der Waals surface area contributed by atoms with E-state index < -0.39 is 0 Å². The summed E-state index contributed by atoms with van der Waals surface area (Å²) >= 11 is 3.28. The highest BCUT2D eigenvalue weighted by Crippen LogP contribution is 2.13. The van der Waals surface area contributed by atoms with Crippen LogP contribution in [0.5, 0.6) is 0 Å². The molecule has 3 nitrogen and oxygen atoms in total. The van der Waals surface area contributed by atoms with Crippen molar-refractivity contribution in [2.45, 2.75) is 19.4 Å². The topological polar surface area (TPSA) is 28.4 Å². The summed E-state index contributed by atoms with van der Waals surface area (Å²) in [5.41, 5.74) is 0. The molecule has 0 aliphatic carbocycles. The Labute approximate surface area is 100.0 Å². The standard InChI is InChI=1S/C11H19BrN2O/c1-14(2)8-4-3-7-13-9-10-5-6-11(12)15-10/h5-6,13H,3-4,7-9H2,1-2H3. The molecule has 0 saturated carbocycles.